The summed E-state index contributed by atoms with van der Waals surface area (Å²) in [7, 11) is 0. The predicted molar refractivity (Wildman–Crippen MR) is 89.4 cm³/mol. The molecule has 0 saturated heterocycles. The number of hydrogen-bond donors (Lipinski definition) is 2. The molecule has 1 aromatic carbocycles. The van der Waals surface area contributed by atoms with Crippen LogP contribution in [0.1, 0.15) is 5.69 Å². The predicted octanol–water partition coefficient (Wildman–Crippen LogP) is 3.03. The third kappa shape index (κ3) is 2.64. The Balaban J connectivity index is 1.64. The molecule has 0 radical (unpaired) electrons. The molecule has 0 bridgehead atoms. The fourth-order valence-electron chi connectivity index (χ4n) is 2.29. The zero-order valence-electron chi connectivity index (χ0n) is 12.4. The molecule has 3 heterocycles. The van der Waals surface area contributed by atoms with Crippen molar-refractivity contribution in [3.05, 3.63) is 60.7 Å². The van der Waals surface area contributed by atoms with E-state index in [2.05, 4.69) is 30.2 Å². The molecule has 0 aliphatic carbocycles. The Kier molecular flexibility index (Phi) is 3.33. The summed E-state index contributed by atoms with van der Waals surface area (Å²) in [5, 5.41) is 11.8. The molecule has 0 saturated carbocycles. The number of pyridine rings is 1. The average Bonchev–Trinajstić information content (AvgIpc) is 3.06. The summed E-state index contributed by atoms with van der Waals surface area (Å²) < 4.78 is 0. The lowest BCUT2D eigenvalue weighted by Crippen LogP contribution is -1.97. The van der Waals surface area contributed by atoms with Crippen molar-refractivity contribution in [2.24, 2.45) is 0 Å². The summed E-state index contributed by atoms with van der Waals surface area (Å²) in [5.74, 6) is 1.91. The fourth-order valence-corrected chi connectivity index (χ4v) is 2.29. The second-order valence-electron chi connectivity index (χ2n) is 5.06. The fraction of sp³-hybridized carbons (Fsp3) is 0. The van der Waals surface area contributed by atoms with Gasteiger partial charge in [0.1, 0.15) is 23.5 Å². The van der Waals surface area contributed by atoms with Crippen molar-refractivity contribution in [1.29, 1.82) is 5.26 Å². The van der Waals surface area contributed by atoms with Crippen molar-refractivity contribution in [2.75, 3.05) is 5.32 Å². The number of aromatic amines is 1. The van der Waals surface area contributed by atoms with Gasteiger partial charge in [0.2, 0.25) is 0 Å². The Morgan fingerprint density at radius 2 is 1.79 bits per heavy atom. The van der Waals surface area contributed by atoms with Gasteiger partial charge in [0, 0.05) is 11.6 Å². The van der Waals surface area contributed by atoms with Gasteiger partial charge < -0.3 is 10.3 Å². The van der Waals surface area contributed by atoms with Gasteiger partial charge in [0.25, 0.3) is 0 Å². The van der Waals surface area contributed by atoms with Crippen LogP contribution < -0.4 is 5.32 Å². The topological polar surface area (TPSA) is 103 Å². The van der Waals surface area contributed by atoms with Gasteiger partial charge in [-0.1, -0.05) is 30.3 Å². The van der Waals surface area contributed by atoms with Crippen molar-refractivity contribution in [2.45, 2.75) is 0 Å². The largest absolute Gasteiger partial charge is 0.337 e. The number of rotatable bonds is 3. The monoisotopic (exact) mass is 313 g/mol. The minimum atomic E-state index is 0.267. The van der Waals surface area contributed by atoms with Crippen LogP contribution in [0.15, 0.2) is 55.0 Å². The molecule has 114 valence electrons. The first-order chi connectivity index (χ1) is 11.8. The summed E-state index contributed by atoms with van der Waals surface area (Å²) in [6, 6.07) is 13.7. The van der Waals surface area contributed by atoms with E-state index in [1.165, 1.54) is 12.4 Å². The van der Waals surface area contributed by atoms with Crippen LogP contribution >= 0.6 is 0 Å². The number of nitrogens with one attached hydrogen (secondary N) is 2. The summed E-state index contributed by atoms with van der Waals surface area (Å²) in [5.41, 5.74) is 2.93. The van der Waals surface area contributed by atoms with Crippen molar-refractivity contribution < 1.29 is 0 Å². The molecule has 3 aromatic heterocycles. The Morgan fingerprint density at radius 3 is 2.54 bits per heavy atom. The molecule has 24 heavy (non-hydrogen) atoms. The molecular formula is C17H11N7. The van der Waals surface area contributed by atoms with Gasteiger partial charge in [-0.05, 0) is 0 Å². The minimum absolute atomic E-state index is 0.267. The number of nitrogens with zero attached hydrogens (tertiary/aromatic N) is 5. The number of hydrogen-bond acceptors (Lipinski definition) is 6. The van der Waals surface area contributed by atoms with E-state index in [1.54, 1.807) is 6.20 Å². The first-order valence-electron chi connectivity index (χ1n) is 7.22. The first-order valence-corrected chi connectivity index (χ1v) is 7.22. The molecule has 7 heteroatoms. The molecule has 0 aliphatic rings. The SMILES string of the molecule is N#Cc1cnc(Nc2cc3nc(-c4ccccc4)[nH]c3cn2)cn1. The van der Waals surface area contributed by atoms with Crippen LogP contribution in [0.25, 0.3) is 22.4 Å². The van der Waals surface area contributed by atoms with Crippen molar-refractivity contribution in [3.8, 4) is 17.5 Å². The van der Waals surface area contributed by atoms with Crippen LogP contribution in [0.2, 0.25) is 0 Å². The molecule has 0 aliphatic heterocycles. The van der Waals surface area contributed by atoms with Gasteiger partial charge in [-0.3, -0.25) is 0 Å². The van der Waals surface area contributed by atoms with Crippen molar-refractivity contribution >= 4 is 22.7 Å². The maximum atomic E-state index is 8.74. The van der Waals surface area contributed by atoms with E-state index in [9.17, 15) is 0 Å². The molecule has 0 atom stereocenters. The smallest absolute Gasteiger partial charge is 0.158 e. The van der Waals surface area contributed by atoms with E-state index in [-0.39, 0.29) is 5.69 Å². The number of imidazole rings is 1. The molecule has 0 unspecified atom stereocenters. The third-order valence-electron chi connectivity index (χ3n) is 3.44. The van der Waals surface area contributed by atoms with Crippen molar-refractivity contribution in [1.82, 2.24) is 24.9 Å². The highest BCUT2D eigenvalue weighted by Gasteiger charge is 2.07. The Hall–Kier alpha value is -3.79. The number of nitriles is 1. The van der Waals surface area contributed by atoms with E-state index in [1.807, 2.05) is 42.5 Å². The Labute approximate surface area is 137 Å². The van der Waals surface area contributed by atoms with Crippen molar-refractivity contribution in [3.63, 3.8) is 0 Å². The number of fused-ring (bicyclic) bond motifs is 1. The van der Waals surface area contributed by atoms with Crippen LogP contribution in [0, 0.1) is 11.3 Å². The Morgan fingerprint density at radius 1 is 0.958 bits per heavy atom. The summed E-state index contributed by atoms with van der Waals surface area (Å²) in [6.07, 6.45) is 4.61. The van der Waals surface area contributed by atoms with Crippen LogP contribution in [0.4, 0.5) is 11.6 Å². The second-order valence-corrected chi connectivity index (χ2v) is 5.06. The van der Waals surface area contributed by atoms with E-state index in [0.717, 1.165) is 22.4 Å². The average molecular weight is 313 g/mol. The van der Waals surface area contributed by atoms with Gasteiger partial charge in [-0.15, -0.1) is 0 Å². The highest BCUT2D eigenvalue weighted by atomic mass is 15.1. The lowest BCUT2D eigenvalue weighted by molar-refractivity contribution is 1.15. The number of aromatic nitrogens is 5. The maximum absolute atomic E-state index is 8.74. The van der Waals surface area contributed by atoms with Gasteiger partial charge in [0.15, 0.2) is 5.69 Å². The molecule has 7 nitrogen and oxygen atoms in total. The molecule has 0 fully saturated rings. The van der Waals surface area contributed by atoms with Gasteiger partial charge >= 0.3 is 0 Å². The standard InChI is InChI=1S/C17H11N7/c18-7-12-8-20-16(10-19-12)24-15-6-13-14(9-21-15)23-17(22-13)11-4-2-1-3-5-11/h1-6,8-10H,(H,22,23)(H,20,21,24). The number of H-pyrrole nitrogens is 1. The minimum Gasteiger partial charge on any atom is -0.337 e. The normalized spacial score (nSPS) is 10.5. The number of benzene rings is 1. The van der Waals surface area contributed by atoms with Crippen LogP contribution in [-0.4, -0.2) is 24.9 Å². The molecule has 0 spiro atoms. The van der Waals surface area contributed by atoms with E-state index >= 15 is 0 Å². The Bertz CT molecular complexity index is 1030. The van der Waals surface area contributed by atoms with Crippen LogP contribution in [-0.2, 0) is 0 Å². The second kappa shape index (κ2) is 5.78. The maximum Gasteiger partial charge on any atom is 0.158 e. The lowest BCUT2D eigenvalue weighted by Gasteiger charge is -2.03. The highest BCUT2D eigenvalue weighted by Crippen LogP contribution is 2.22. The summed E-state index contributed by atoms with van der Waals surface area (Å²) >= 11 is 0. The van der Waals surface area contributed by atoms with Gasteiger partial charge in [0.05, 0.1) is 29.6 Å². The van der Waals surface area contributed by atoms with E-state index < -0.39 is 0 Å². The molecular weight excluding hydrogens is 302 g/mol. The first kappa shape index (κ1) is 13.8. The van der Waals surface area contributed by atoms with E-state index in [4.69, 9.17) is 5.26 Å². The summed E-state index contributed by atoms with van der Waals surface area (Å²) in [4.78, 5) is 20.3. The van der Waals surface area contributed by atoms with Gasteiger partial charge in [-0.2, -0.15) is 5.26 Å². The third-order valence-corrected chi connectivity index (χ3v) is 3.44. The zero-order chi connectivity index (χ0) is 16.4. The molecule has 4 aromatic rings. The zero-order valence-corrected chi connectivity index (χ0v) is 12.4. The van der Waals surface area contributed by atoms with Gasteiger partial charge in [-0.25, -0.2) is 19.9 Å². The van der Waals surface area contributed by atoms with Crippen LogP contribution in [0.3, 0.4) is 0 Å². The van der Waals surface area contributed by atoms with E-state index in [0.29, 0.717) is 11.6 Å². The quantitative estimate of drug-likeness (QED) is 0.602. The van der Waals surface area contributed by atoms with Crippen LogP contribution in [0.5, 0.6) is 0 Å². The molecule has 0 amide bonds. The molecule has 4 rings (SSSR count). The number of anilines is 2. The summed E-state index contributed by atoms with van der Waals surface area (Å²) in [6.45, 7) is 0. The lowest BCUT2D eigenvalue weighted by atomic mass is 10.2. The highest BCUT2D eigenvalue weighted by molar-refractivity contribution is 5.81. The molecule has 2 N–H and O–H groups in total.